The lowest BCUT2D eigenvalue weighted by Gasteiger charge is -2.24. The molecule has 0 spiro atoms. The number of hydrogen-bond donors (Lipinski definition) is 1. The number of nitrogens with one attached hydrogen (secondary N) is 1. The standard InChI is InChI=1S/C15H22N4OS/c1-11-17-18-15-6-3-12(9-19(11)15)7-16-8-13-4-5-14(20-13)10-21-2/h4-5,12,16H,3,6-10H2,1-2H3/t12-/m1/s1. The van der Waals surface area contributed by atoms with Crippen LogP contribution in [0.3, 0.4) is 0 Å². The van der Waals surface area contributed by atoms with E-state index in [1.54, 1.807) is 11.8 Å². The maximum atomic E-state index is 5.77. The van der Waals surface area contributed by atoms with Gasteiger partial charge >= 0.3 is 0 Å². The first kappa shape index (κ1) is 14.7. The minimum atomic E-state index is 0.646. The molecule has 1 aliphatic heterocycles. The number of nitrogens with zero attached hydrogens (tertiary/aromatic N) is 3. The fourth-order valence-corrected chi connectivity index (χ4v) is 3.27. The summed E-state index contributed by atoms with van der Waals surface area (Å²) < 4.78 is 8.02. The highest BCUT2D eigenvalue weighted by atomic mass is 32.2. The summed E-state index contributed by atoms with van der Waals surface area (Å²) in [4.78, 5) is 0. The molecule has 1 aliphatic rings. The van der Waals surface area contributed by atoms with Gasteiger partial charge in [-0.05, 0) is 37.7 Å². The zero-order valence-corrected chi connectivity index (χ0v) is 13.4. The summed E-state index contributed by atoms with van der Waals surface area (Å²) in [5.41, 5.74) is 0. The number of hydrogen-bond acceptors (Lipinski definition) is 5. The quantitative estimate of drug-likeness (QED) is 0.888. The van der Waals surface area contributed by atoms with Gasteiger partial charge in [0.05, 0.1) is 12.3 Å². The van der Waals surface area contributed by atoms with Crippen LogP contribution in [0.4, 0.5) is 0 Å². The van der Waals surface area contributed by atoms with Crippen LogP contribution in [0.2, 0.25) is 0 Å². The van der Waals surface area contributed by atoms with Crippen molar-refractivity contribution in [1.29, 1.82) is 0 Å². The van der Waals surface area contributed by atoms with E-state index in [4.69, 9.17) is 4.42 Å². The van der Waals surface area contributed by atoms with E-state index >= 15 is 0 Å². The lowest BCUT2D eigenvalue weighted by atomic mass is 9.99. The van der Waals surface area contributed by atoms with E-state index in [-0.39, 0.29) is 0 Å². The molecule has 0 saturated heterocycles. The van der Waals surface area contributed by atoms with Crippen LogP contribution in [0.15, 0.2) is 16.5 Å². The molecule has 0 unspecified atom stereocenters. The average molecular weight is 306 g/mol. The zero-order valence-electron chi connectivity index (χ0n) is 12.6. The third-order valence-corrected chi connectivity index (χ3v) is 4.54. The van der Waals surface area contributed by atoms with Gasteiger partial charge < -0.3 is 14.3 Å². The molecule has 0 saturated carbocycles. The van der Waals surface area contributed by atoms with Crippen molar-refractivity contribution >= 4 is 11.8 Å². The number of rotatable bonds is 6. The molecule has 114 valence electrons. The van der Waals surface area contributed by atoms with Gasteiger partial charge in [-0.2, -0.15) is 11.8 Å². The molecular weight excluding hydrogens is 284 g/mol. The smallest absolute Gasteiger partial charge is 0.133 e. The van der Waals surface area contributed by atoms with Gasteiger partial charge in [-0.15, -0.1) is 10.2 Å². The Balaban J connectivity index is 1.46. The van der Waals surface area contributed by atoms with E-state index < -0.39 is 0 Å². The summed E-state index contributed by atoms with van der Waals surface area (Å²) in [7, 11) is 0. The first-order valence-electron chi connectivity index (χ1n) is 7.42. The van der Waals surface area contributed by atoms with Crippen LogP contribution >= 0.6 is 11.8 Å². The van der Waals surface area contributed by atoms with Crippen LogP contribution in [0.5, 0.6) is 0 Å². The van der Waals surface area contributed by atoms with E-state index in [0.29, 0.717) is 5.92 Å². The first-order valence-corrected chi connectivity index (χ1v) is 8.81. The fourth-order valence-electron chi connectivity index (χ4n) is 2.83. The molecule has 3 heterocycles. The largest absolute Gasteiger partial charge is 0.464 e. The summed E-state index contributed by atoms with van der Waals surface area (Å²) in [5, 5.41) is 11.9. The molecule has 5 nitrogen and oxygen atoms in total. The Labute approximate surface area is 129 Å². The highest BCUT2D eigenvalue weighted by molar-refractivity contribution is 7.97. The first-order chi connectivity index (χ1) is 10.3. The average Bonchev–Trinajstić information content (AvgIpc) is 3.07. The second kappa shape index (κ2) is 6.66. The van der Waals surface area contributed by atoms with Gasteiger partial charge in [-0.3, -0.25) is 0 Å². The van der Waals surface area contributed by atoms with Crippen LogP contribution in [0.25, 0.3) is 0 Å². The summed E-state index contributed by atoms with van der Waals surface area (Å²) in [5.74, 6) is 5.84. The SMILES string of the molecule is CSCc1ccc(CNC[C@H]2CCc3nnc(C)n3C2)o1. The molecule has 21 heavy (non-hydrogen) atoms. The Morgan fingerprint density at radius 2 is 2.24 bits per heavy atom. The number of aryl methyl sites for hydroxylation is 2. The van der Waals surface area contributed by atoms with Gasteiger partial charge in [0.25, 0.3) is 0 Å². The Morgan fingerprint density at radius 1 is 1.38 bits per heavy atom. The Morgan fingerprint density at radius 3 is 3.10 bits per heavy atom. The van der Waals surface area contributed by atoms with E-state index in [1.807, 2.05) is 6.92 Å². The van der Waals surface area contributed by atoms with Crippen molar-refractivity contribution in [3.63, 3.8) is 0 Å². The Kier molecular flexibility index (Phi) is 4.65. The molecule has 0 amide bonds. The second-order valence-electron chi connectivity index (χ2n) is 5.61. The molecule has 2 aromatic rings. The van der Waals surface area contributed by atoms with E-state index in [2.05, 4.69) is 38.5 Å². The van der Waals surface area contributed by atoms with Crippen LogP contribution in [-0.2, 0) is 25.3 Å². The Bertz CT molecular complexity index is 592. The molecule has 2 aromatic heterocycles. The lowest BCUT2D eigenvalue weighted by molar-refractivity contribution is 0.337. The van der Waals surface area contributed by atoms with Crippen LogP contribution in [0.1, 0.15) is 29.6 Å². The van der Waals surface area contributed by atoms with Gasteiger partial charge in [0.2, 0.25) is 0 Å². The number of furan rings is 1. The topological polar surface area (TPSA) is 55.9 Å². The minimum absolute atomic E-state index is 0.646. The number of aromatic nitrogens is 3. The van der Waals surface area contributed by atoms with Crippen molar-refractivity contribution in [3.05, 3.63) is 35.3 Å². The maximum absolute atomic E-state index is 5.77. The fraction of sp³-hybridized carbons (Fsp3) is 0.600. The molecule has 0 radical (unpaired) electrons. The van der Waals surface area contributed by atoms with Crippen molar-refractivity contribution in [2.45, 2.75) is 38.6 Å². The van der Waals surface area contributed by atoms with E-state index in [9.17, 15) is 0 Å². The summed E-state index contributed by atoms with van der Waals surface area (Å²) >= 11 is 1.78. The Hall–Kier alpha value is -1.27. The lowest BCUT2D eigenvalue weighted by Crippen LogP contribution is -2.30. The van der Waals surface area contributed by atoms with Crippen LogP contribution in [-0.4, -0.2) is 27.6 Å². The summed E-state index contributed by atoms with van der Waals surface area (Å²) in [6.45, 7) is 4.87. The predicted octanol–water partition coefficient (Wildman–Crippen LogP) is 2.39. The van der Waals surface area contributed by atoms with E-state index in [1.165, 1.54) is 6.42 Å². The molecule has 3 rings (SSSR count). The van der Waals surface area contributed by atoms with Crippen LogP contribution < -0.4 is 5.32 Å². The molecule has 1 atom stereocenters. The van der Waals surface area contributed by atoms with Gasteiger partial charge in [0.15, 0.2) is 0 Å². The molecule has 0 bridgehead atoms. The monoisotopic (exact) mass is 306 g/mol. The summed E-state index contributed by atoms with van der Waals surface area (Å²) in [6, 6.07) is 4.14. The third-order valence-electron chi connectivity index (χ3n) is 3.97. The van der Waals surface area contributed by atoms with Crippen molar-refractivity contribution < 1.29 is 4.42 Å². The number of fused-ring (bicyclic) bond motifs is 1. The zero-order chi connectivity index (χ0) is 14.7. The maximum Gasteiger partial charge on any atom is 0.133 e. The van der Waals surface area contributed by atoms with Crippen molar-refractivity contribution in [1.82, 2.24) is 20.1 Å². The normalized spacial score (nSPS) is 17.9. The molecule has 6 heteroatoms. The highest BCUT2D eigenvalue weighted by Crippen LogP contribution is 2.19. The minimum Gasteiger partial charge on any atom is -0.464 e. The van der Waals surface area contributed by atoms with Gasteiger partial charge in [0.1, 0.15) is 23.2 Å². The predicted molar refractivity (Wildman–Crippen MR) is 84.2 cm³/mol. The van der Waals surface area contributed by atoms with E-state index in [0.717, 1.165) is 55.0 Å². The summed E-state index contributed by atoms with van der Waals surface area (Å²) in [6.07, 6.45) is 4.30. The van der Waals surface area contributed by atoms with Crippen molar-refractivity contribution in [3.8, 4) is 0 Å². The number of thioether (sulfide) groups is 1. The molecular formula is C15H22N4OS. The molecule has 0 aromatic carbocycles. The second-order valence-corrected chi connectivity index (χ2v) is 6.48. The molecule has 0 aliphatic carbocycles. The van der Waals surface area contributed by atoms with Crippen LogP contribution in [0, 0.1) is 12.8 Å². The van der Waals surface area contributed by atoms with Crippen molar-refractivity contribution in [2.75, 3.05) is 12.8 Å². The van der Waals surface area contributed by atoms with Gasteiger partial charge in [-0.1, -0.05) is 0 Å². The third kappa shape index (κ3) is 3.49. The van der Waals surface area contributed by atoms with Crippen molar-refractivity contribution in [2.24, 2.45) is 5.92 Å². The molecule has 1 N–H and O–H groups in total. The highest BCUT2D eigenvalue weighted by Gasteiger charge is 2.21. The molecule has 0 fully saturated rings. The van der Waals surface area contributed by atoms with Gasteiger partial charge in [-0.25, -0.2) is 0 Å². The van der Waals surface area contributed by atoms with Gasteiger partial charge in [0, 0.05) is 19.5 Å².